The Morgan fingerprint density at radius 2 is 1.89 bits per heavy atom. The summed E-state index contributed by atoms with van der Waals surface area (Å²) in [6.45, 7) is 0. The average molecular weight is 408 g/mol. The molecule has 2 aromatic rings. The summed E-state index contributed by atoms with van der Waals surface area (Å²) >= 11 is 12.5. The van der Waals surface area contributed by atoms with Crippen LogP contribution >= 0.6 is 43.5 Å². The Labute approximate surface area is 132 Å². The van der Waals surface area contributed by atoms with Crippen LogP contribution in [0.1, 0.15) is 17.2 Å². The van der Waals surface area contributed by atoms with Crippen molar-refractivity contribution in [2.24, 2.45) is 0 Å². The second-order valence-electron chi connectivity index (χ2n) is 4.13. The molecule has 0 aliphatic heterocycles. The molecule has 0 aliphatic rings. The molecule has 0 aromatic heterocycles. The Morgan fingerprint density at radius 1 is 1.16 bits per heavy atom. The van der Waals surface area contributed by atoms with E-state index < -0.39 is 11.9 Å². The second-order valence-corrected chi connectivity index (χ2v) is 6.31. The Morgan fingerprint density at radius 3 is 2.53 bits per heavy atom. The monoisotopic (exact) mass is 406 g/mol. The van der Waals surface area contributed by atoms with Crippen LogP contribution in [0.4, 0.5) is 4.39 Å². The number of halogens is 4. The lowest BCUT2D eigenvalue weighted by atomic mass is 10.0. The van der Waals surface area contributed by atoms with Crippen LogP contribution in [0, 0.1) is 5.82 Å². The SMILES string of the molecule is OC(Cc1ccc(Br)cc1Cl)c1ccc(Br)c(F)c1. The first-order chi connectivity index (χ1) is 8.97. The maximum Gasteiger partial charge on any atom is 0.137 e. The Hall–Kier alpha value is -0.420. The zero-order valence-corrected chi connectivity index (χ0v) is 13.6. The molecule has 2 rings (SSSR count). The van der Waals surface area contributed by atoms with Gasteiger partial charge in [-0.1, -0.05) is 39.7 Å². The maximum absolute atomic E-state index is 13.4. The predicted molar refractivity (Wildman–Crippen MR) is 81.9 cm³/mol. The first kappa shape index (κ1) is 15.0. The van der Waals surface area contributed by atoms with E-state index in [1.165, 1.54) is 6.07 Å². The molecule has 1 nitrogen and oxygen atoms in total. The number of benzene rings is 2. The lowest BCUT2D eigenvalue weighted by Gasteiger charge is -2.13. The summed E-state index contributed by atoms with van der Waals surface area (Å²) in [5.41, 5.74) is 1.35. The fraction of sp³-hybridized carbons (Fsp3) is 0.143. The molecule has 100 valence electrons. The van der Waals surface area contributed by atoms with Gasteiger partial charge in [0, 0.05) is 15.9 Å². The maximum atomic E-state index is 13.4. The summed E-state index contributed by atoms with van der Waals surface area (Å²) in [6, 6.07) is 10.1. The summed E-state index contributed by atoms with van der Waals surface area (Å²) in [7, 11) is 0. The van der Waals surface area contributed by atoms with E-state index in [1.54, 1.807) is 18.2 Å². The number of rotatable bonds is 3. The fourth-order valence-electron chi connectivity index (χ4n) is 1.73. The molecule has 0 aliphatic carbocycles. The third-order valence-corrected chi connectivity index (χ3v) is 4.25. The first-order valence-corrected chi connectivity index (χ1v) is 7.50. The van der Waals surface area contributed by atoms with Gasteiger partial charge in [0.15, 0.2) is 0 Å². The molecule has 0 amide bonds. The highest BCUT2D eigenvalue weighted by Crippen LogP contribution is 2.27. The van der Waals surface area contributed by atoms with Crippen molar-refractivity contribution in [3.63, 3.8) is 0 Å². The molecule has 5 heteroatoms. The van der Waals surface area contributed by atoms with Crippen LogP contribution in [0.3, 0.4) is 0 Å². The van der Waals surface area contributed by atoms with Gasteiger partial charge < -0.3 is 5.11 Å². The summed E-state index contributed by atoms with van der Waals surface area (Å²) in [5.74, 6) is -0.390. The van der Waals surface area contributed by atoms with E-state index in [9.17, 15) is 9.50 Å². The van der Waals surface area contributed by atoms with Crippen molar-refractivity contribution >= 4 is 43.5 Å². The van der Waals surface area contributed by atoms with Gasteiger partial charge in [0.25, 0.3) is 0 Å². The standard InChI is InChI=1S/C14H10Br2ClFO/c15-10-3-1-8(12(17)7-10)6-14(19)9-2-4-11(16)13(18)5-9/h1-5,7,14,19H,6H2. The summed E-state index contributed by atoms with van der Waals surface area (Å²) in [5, 5.41) is 10.7. The van der Waals surface area contributed by atoms with Crippen molar-refractivity contribution in [2.75, 3.05) is 0 Å². The number of hydrogen-bond acceptors (Lipinski definition) is 1. The minimum Gasteiger partial charge on any atom is -0.388 e. The lowest BCUT2D eigenvalue weighted by molar-refractivity contribution is 0.178. The van der Waals surface area contributed by atoms with E-state index in [2.05, 4.69) is 31.9 Å². The molecular formula is C14H10Br2ClFO. The van der Waals surface area contributed by atoms with Gasteiger partial charge in [-0.25, -0.2) is 4.39 Å². The Bertz CT molecular complexity index is 604. The normalized spacial score (nSPS) is 12.5. The second kappa shape index (κ2) is 6.35. The van der Waals surface area contributed by atoms with Crippen LogP contribution in [0.2, 0.25) is 5.02 Å². The Kier molecular flexibility index (Phi) is 5.01. The van der Waals surface area contributed by atoms with E-state index in [0.29, 0.717) is 21.5 Å². The molecule has 0 bridgehead atoms. The molecule has 1 N–H and O–H groups in total. The molecule has 1 unspecified atom stereocenters. The van der Waals surface area contributed by atoms with Crippen LogP contribution in [-0.4, -0.2) is 5.11 Å². The number of hydrogen-bond donors (Lipinski definition) is 1. The highest BCUT2D eigenvalue weighted by Gasteiger charge is 2.13. The molecule has 0 radical (unpaired) electrons. The molecule has 0 saturated heterocycles. The highest BCUT2D eigenvalue weighted by atomic mass is 79.9. The van der Waals surface area contributed by atoms with Crippen LogP contribution in [0.5, 0.6) is 0 Å². The zero-order chi connectivity index (χ0) is 14.0. The van der Waals surface area contributed by atoms with Gasteiger partial charge in [0.05, 0.1) is 10.6 Å². The third-order valence-electron chi connectivity index (χ3n) is 2.76. The minimum absolute atomic E-state index is 0.340. The van der Waals surface area contributed by atoms with Crippen molar-refractivity contribution in [2.45, 2.75) is 12.5 Å². The first-order valence-electron chi connectivity index (χ1n) is 5.54. The molecule has 1 atom stereocenters. The highest BCUT2D eigenvalue weighted by molar-refractivity contribution is 9.10. The topological polar surface area (TPSA) is 20.2 Å². The smallest absolute Gasteiger partial charge is 0.137 e. The number of aliphatic hydroxyl groups is 1. The zero-order valence-electron chi connectivity index (χ0n) is 9.71. The van der Waals surface area contributed by atoms with Gasteiger partial charge in [0.1, 0.15) is 5.82 Å². The van der Waals surface area contributed by atoms with Crippen LogP contribution in [0.25, 0.3) is 0 Å². The quantitative estimate of drug-likeness (QED) is 0.733. The van der Waals surface area contributed by atoms with Gasteiger partial charge in [-0.3, -0.25) is 0 Å². The third kappa shape index (κ3) is 3.78. The molecule has 0 fully saturated rings. The van der Waals surface area contributed by atoms with Crippen LogP contribution in [-0.2, 0) is 6.42 Å². The average Bonchev–Trinajstić information content (AvgIpc) is 2.36. The van der Waals surface area contributed by atoms with Crippen molar-refractivity contribution in [1.82, 2.24) is 0 Å². The van der Waals surface area contributed by atoms with Gasteiger partial charge in [0.2, 0.25) is 0 Å². The summed E-state index contributed by atoms with van der Waals surface area (Å²) in [6.07, 6.45) is -0.450. The summed E-state index contributed by atoms with van der Waals surface area (Å²) in [4.78, 5) is 0. The fourth-order valence-corrected chi connectivity index (χ4v) is 2.73. The van der Waals surface area contributed by atoms with Gasteiger partial charge >= 0.3 is 0 Å². The molecule has 0 spiro atoms. The van der Waals surface area contributed by atoms with Crippen molar-refractivity contribution in [3.8, 4) is 0 Å². The van der Waals surface area contributed by atoms with Crippen LogP contribution in [0.15, 0.2) is 45.3 Å². The number of aliphatic hydroxyl groups excluding tert-OH is 1. The van der Waals surface area contributed by atoms with E-state index in [4.69, 9.17) is 11.6 Å². The van der Waals surface area contributed by atoms with Crippen LogP contribution < -0.4 is 0 Å². The van der Waals surface area contributed by atoms with E-state index in [1.807, 2.05) is 12.1 Å². The largest absolute Gasteiger partial charge is 0.388 e. The van der Waals surface area contributed by atoms with E-state index in [0.717, 1.165) is 10.0 Å². The summed E-state index contributed by atoms with van der Waals surface area (Å²) < 4.78 is 14.7. The predicted octanol–water partition coefficient (Wildman–Crippen LogP) is 5.28. The molecule has 19 heavy (non-hydrogen) atoms. The van der Waals surface area contributed by atoms with Crippen molar-refractivity contribution < 1.29 is 9.50 Å². The van der Waals surface area contributed by atoms with Gasteiger partial charge in [-0.15, -0.1) is 0 Å². The van der Waals surface area contributed by atoms with Gasteiger partial charge in [-0.2, -0.15) is 0 Å². The van der Waals surface area contributed by atoms with Crippen molar-refractivity contribution in [3.05, 3.63) is 67.3 Å². The van der Waals surface area contributed by atoms with E-state index >= 15 is 0 Å². The van der Waals surface area contributed by atoms with Gasteiger partial charge in [-0.05, 0) is 51.3 Å². The molecule has 0 heterocycles. The van der Waals surface area contributed by atoms with E-state index in [-0.39, 0.29) is 0 Å². The molecule has 0 saturated carbocycles. The van der Waals surface area contributed by atoms with Crippen molar-refractivity contribution in [1.29, 1.82) is 0 Å². The lowest BCUT2D eigenvalue weighted by Crippen LogP contribution is -2.03. The minimum atomic E-state index is -0.790. The Balaban J connectivity index is 2.20. The molecular weight excluding hydrogens is 398 g/mol. The molecule has 2 aromatic carbocycles.